The number of unbranched alkanes of at least 4 members (excludes halogenated alkanes) is 5. The van der Waals surface area contributed by atoms with Gasteiger partial charge in [-0.3, -0.25) is 9.59 Å². The molecular weight excluding hydrogens is 228 g/mol. The Morgan fingerprint density at radius 2 is 1.94 bits per heavy atom. The summed E-state index contributed by atoms with van der Waals surface area (Å²) < 4.78 is 5.27. The van der Waals surface area contributed by atoms with Gasteiger partial charge in [-0.25, -0.2) is 0 Å². The molecule has 3 nitrogen and oxygen atoms in total. The van der Waals surface area contributed by atoms with Crippen LogP contribution in [0.25, 0.3) is 0 Å². The van der Waals surface area contributed by atoms with E-state index in [1.54, 1.807) is 0 Å². The molecule has 0 aromatic carbocycles. The predicted molar refractivity (Wildman–Crippen MR) is 69.0 cm³/mol. The smallest absolute Gasteiger partial charge is 0.309 e. The van der Waals surface area contributed by atoms with E-state index >= 15 is 0 Å². The van der Waals surface area contributed by atoms with E-state index in [4.69, 9.17) is 4.74 Å². The Kier molecular flexibility index (Phi) is 4.79. The first-order chi connectivity index (χ1) is 8.75. The summed E-state index contributed by atoms with van der Waals surface area (Å²) in [6.07, 6.45) is 8.76. The number of rotatable bonds is 8. The lowest BCUT2D eigenvalue weighted by atomic mass is 10.1. The quantitative estimate of drug-likeness (QED) is 0.492. The second-order valence-corrected chi connectivity index (χ2v) is 5.66. The highest BCUT2D eigenvalue weighted by Gasteiger charge is 2.62. The summed E-state index contributed by atoms with van der Waals surface area (Å²) in [5, 5.41) is 0. The average molecular weight is 252 g/mol. The Morgan fingerprint density at radius 3 is 2.61 bits per heavy atom. The highest BCUT2D eigenvalue weighted by atomic mass is 16.5. The molecule has 0 bridgehead atoms. The van der Waals surface area contributed by atoms with Gasteiger partial charge in [0.1, 0.15) is 5.78 Å². The van der Waals surface area contributed by atoms with Crippen LogP contribution in [-0.2, 0) is 14.3 Å². The summed E-state index contributed by atoms with van der Waals surface area (Å²) in [5.74, 6) is 0.441. The van der Waals surface area contributed by atoms with Crippen molar-refractivity contribution in [2.45, 2.75) is 58.3 Å². The van der Waals surface area contributed by atoms with Crippen LogP contribution in [0, 0.1) is 17.8 Å². The zero-order valence-corrected chi connectivity index (χ0v) is 11.3. The fourth-order valence-electron chi connectivity index (χ4n) is 3.12. The number of carbonyl (C=O) groups is 2. The van der Waals surface area contributed by atoms with Crippen LogP contribution in [0.1, 0.15) is 58.3 Å². The van der Waals surface area contributed by atoms with E-state index in [0.717, 1.165) is 19.3 Å². The van der Waals surface area contributed by atoms with Crippen LogP contribution in [0.2, 0.25) is 0 Å². The van der Waals surface area contributed by atoms with E-state index in [1.165, 1.54) is 25.7 Å². The third-order valence-corrected chi connectivity index (χ3v) is 4.28. The van der Waals surface area contributed by atoms with Gasteiger partial charge in [0, 0.05) is 12.3 Å². The van der Waals surface area contributed by atoms with Gasteiger partial charge in [-0.2, -0.15) is 0 Å². The van der Waals surface area contributed by atoms with Crippen LogP contribution in [0.3, 0.4) is 0 Å². The van der Waals surface area contributed by atoms with Crippen molar-refractivity contribution in [3.63, 3.8) is 0 Å². The number of fused-ring (bicyclic) bond motifs is 1. The van der Waals surface area contributed by atoms with Crippen LogP contribution in [0.5, 0.6) is 0 Å². The molecule has 0 aliphatic heterocycles. The van der Waals surface area contributed by atoms with Crippen LogP contribution in [-0.4, -0.2) is 18.4 Å². The lowest BCUT2D eigenvalue weighted by Gasteiger charge is -2.05. The lowest BCUT2D eigenvalue weighted by Crippen LogP contribution is -2.13. The summed E-state index contributed by atoms with van der Waals surface area (Å²) >= 11 is 0. The zero-order chi connectivity index (χ0) is 13.0. The van der Waals surface area contributed by atoms with Crippen LogP contribution < -0.4 is 0 Å². The highest BCUT2D eigenvalue weighted by molar-refractivity contribution is 5.94. The van der Waals surface area contributed by atoms with Gasteiger partial charge < -0.3 is 4.74 Å². The van der Waals surface area contributed by atoms with Crippen LogP contribution in [0.4, 0.5) is 0 Å². The van der Waals surface area contributed by atoms with Crippen molar-refractivity contribution >= 4 is 11.8 Å². The number of hydrogen-bond acceptors (Lipinski definition) is 3. The normalized spacial score (nSPS) is 29.2. The number of ketones is 1. The molecule has 3 atom stereocenters. The van der Waals surface area contributed by atoms with Gasteiger partial charge in [0.15, 0.2) is 0 Å². The summed E-state index contributed by atoms with van der Waals surface area (Å²) in [4.78, 5) is 23.1. The minimum atomic E-state index is -0.119. The molecule has 102 valence electrons. The van der Waals surface area contributed by atoms with E-state index in [0.29, 0.717) is 18.9 Å². The van der Waals surface area contributed by atoms with Crippen molar-refractivity contribution < 1.29 is 14.3 Å². The Balaban J connectivity index is 1.50. The molecule has 0 spiro atoms. The molecule has 0 unspecified atom stereocenters. The largest absolute Gasteiger partial charge is 0.465 e. The van der Waals surface area contributed by atoms with Gasteiger partial charge in [0.05, 0.1) is 12.5 Å². The molecule has 0 aromatic heterocycles. The first kappa shape index (κ1) is 13.6. The molecule has 2 aliphatic carbocycles. The second kappa shape index (κ2) is 6.35. The standard InChI is InChI=1S/C15H24O3/c1-2-3-4-5-6-7-10-18-15(17)14-11-8-9-12(16)13(11)14/h11,13-14H,2-10H2,1H3/t11-,13-,14+/m0/s1. The fraction of sp³-hybridized carbons (Fsp3) is 0.867. The maximum absolute atomic E-state index is 11.7. The van der Waals surface area contributed by atoms with Crippen LogP contribution in [0.15, 0.2) is 0 Å². The van der Waals surface area contributed by atoms with Crippen molar-refractivity contribution in [1.29, 1.82) is 0 Å². The Bertz CT molecular complexity index is 311. The van der Waals surface area contributed by atoms with Gasteiger partial charge in [-0.15, -0.1) is 0 Å². The maximum atomic E-state index is 11.7. The van der Waals surface area contributed by atoms with Crippen molar-refractivity contribution in [3.8, 4) is 0 Å². The third kappa shape index (κ3) is 3.12. The van der Waals surface area contributed by atoms with Gasteiger partial charge in [-0.1, -0.05) is 39.0 Å². The van der Waals surface area contributed by atoms with E-state index in [1.807, 2.05) is 0 Å². The average Bonchev–Trinajstić information content (AvgIpc) is 2.98. The minimum absolute atomic E-state index is 0.0297. The van der Waals surface area contributed by atoms with Crippen molar-refractivity contribution in [3.05, 3.63) is 0 Å². The van der Waals surface area contributed by atoms with E-state index in [2.05, 4.69) is 6.92 Å². The fourth-order valence-corrected chi connectivity index (χ4v) is 3.12. The molecule has 2 rings (SSSR count). The van der Waals surface area contributed by atoms with Gasteiger partial charge in [0.25, 0.3) is 0 Å². The predicted octanol–water partition coefficient (Wildman–Crippen LogP) is 3.12. The zero-order valence-electron chi connectivity index (χ0n) is 11.3. The summed E-state index contributed by atoms with van der Waals surface area (Å²) in [6.45, 7) is 2.74. The molecule has 0 heterocycles. The van der Waals surface area contributed by atoms with E-state index in [-0.39, 0.29) is 23.6 Å². The Morgan fingerprint density at radius 1 is 1.22 bits per heavy atom. The van der Waals surface area contributed by atoms with Crippen molar-refractivity contribution in [2.75, 3.05) is 6.61 Å². The SMILES string of the molecule is CCCCCCCCOC(=O)[C@@H]1[C@H]2CCC(=O)[C@H]21. The molecule has 18 heavy (non-hydrogen) atoms. The Hall–Kier alpha value is -0.860. The molecule has 2 fully saturated rings. The summed E-state index contributed by atoms with van der Waals surface area (Å²) in [5.41, 5.74) is 0. The number of ether oxygens (including phenoxy) is 1. The molecule has 0 N–H and O–H groups in total. The third-order valence-electron chi connectivity index (χ3n) is 4.28. The summed E-state index contributed by atoms with van der Waals surface area (Å²) in [7, 11) is 0. The first-order valence-electron chi connectivity index (χ1n) is 7.45. The Labute approximate surface area is 109 Å². The number of hydrogen-bond donors (Lipinski definition) is 0. The topological polar surface area (TPSA) is 43.4 Å². The van der Waals surface area contributed by atoms with E-state index in [9.17, 15) is 9.59 Å². The molecule has 2 saturated carbocycles. The van der Waals surface area contributed by atoms with Crippen LogP contribution >= 0.6 is 0 Å². The second-order valence-electron chi connectivity index (χ2n) is 5.66. The molecule has 0 amide bonds. The number of esters is 1. The van der Waals surface area contributed by atoms with Gasteiger partial charge in [0.2, 0.25) is 0 Å². The maximum Gasteiger partial charge on any atom is 0.309 e. The monoisotopic (exact) mass is 252 g/mol. The van der Waals surface area contributed by atoms with Gasteiger partial charge in [-0.05, 0) is 18.8 Å². The van der Waals surface area contributed by atoms with Crippen molar-refractivity contribution in [1.82, 2.24) is 0 Å². The van der Waals surface area contributed by atoms with Crippen molar-refractivity contribution in [2.24, 2.45) is 17.8 Å². The number of Topliss-reactive ketones (excluding diaryl/α,β-unsaturated/α-hetero) is 1. The van der Waals surface area contributed by atoms with E-state index < -0.39 is 0 Å². The van der Waals surface area contributed by atoms with Gasteiger partial charge >= 0.3 is 5.97 Å². The number of carbonyl (C=O) groups excluding carboxylic acids is 2. The highest BCUT2D eigenvalue weighted by Crippen LogP contribution is 2.55. The molecule has 2 aliphatic rings. The molecule has 0 aromatic rings. The molecule has 0 saturated heterocycles. The molecule has 3 heteroatoms. The summed E-state index contributed by atoms with van der Waals surface area (Å²) in [6, 6.07) is 0. The lowest BCUT2D eigenvalue weighted by molar-refractivity contribution is -0.147. The molecular formula is C15H24O3. The minimum Gasteiger partial charge on any atom is -0.465 e. The molecule has 0 radical (unpaired) electrons. The first-order valence-corrected chi connectivity index (χ1v) is 7.45.